The number of benzene rings is 1. The zero-order valence-electron chi connectivity index (χ0n) is 17.6. The number of amides is 4. The number of nitrogens with zero attached hydrogens (tertiary/aromatic N) is 2. The van der Waals surface area contributed by atoms with Gasteiger partial charge in [0.05, 0.1) is 7.11 Å². The average Bonchev–Trinajstić information content (AvgIpc) is 3.50. The van der Waals surface area contributed by atoms with Crippen molar-refractivity contribution in [3.05, 3.63) is 29.8 Å². The molecule has 0 bridgehead atoms. The summed E-state index contributed by atoms with van der Waals surface area (Å²) in [5.41, 5.74) is 0.0609. The minimum absolute atomic E-state index is 0.151. The fraction of sp³-hybridized carbons (Fsp3) is 0.591. The Morgan fingerprint density at radius 2 is 1.97 bits per heavy atom. The lowest BCUT2D eigenvalue weighted by molar-refractivity contribution is -0.139. The van der Waals surface area contributed by atoms with Gasteiger partial charge < -0.3 is 15.0 Å². The number of urea groups is 1. The highest BCUT2D eigenvalue weighted by Crippen LogP contribution is 2.30. The molecule has 29 heavy (non-hydrogen) atoms. The smallest absolute Gasteiger partial charge is 0.325 e. The van der Waals surface area contributed by atoms with E-state index >= 15 is 0 Å². The molecule has 1 saturated carbocycles. The number of hydrogen-bond acceptors (Lipinski definition) is 4. The van der Waals surface area contributed by atoms with E-state index in [2.05, 4.69) is 5.32 Å². The molecule has 3 rings (SSSR count). The molecular weight excluding hydrogens is 370 g/mol. The highest BCUT2D eigenvalue weighted by molar-refractivity contribution is 6.08. The van der Waals surface area contributed by atoms with E-state index in [4.69, 9.17) is 4.74 Å². The minimum Gasteiger partial charge on any atom is -0.497 e. The Morgan fingerprint density at radius 3 is 2.55 bits per heavy atom. The molecule has 1 atom stereocenters. The summed E-state index contributed by atoms with van der Waals surface area (Å²) in [6, 6.07) is 7.17. The summed E-state index contributed by atoms with van der Waals surface area (Å²) < 4.78 is 5.16. The van der Waals surface area contributed by atoms with Crippen molar-refractivity contribution in [2.45, 2.75) is 51.5 Å². The maximum atomic E-state index is 13.0. The summed E-state index contributed by atoms with van der Waals surface area (Å²) >= 11 is 0. The van der Waals surface area contributed by atoms with Crippen molar-refractivity contribution in [2.75, 3.05) is 26.7 Å². The van der Waals surface area contributed by atoms with Crippen LogP contribution in [0.1, 0.15) is 45.1 Å². The number of imide groups is 1. The van der Waals surface area contributed by atoms with Crippen LogP contribution in [0.15, 0.2) is 24.3 Å². The molecule has 1 aliphatic carbocycles. The van der Waals surface area contributed by atoms with Crippen LogP contribution in [-0.2, 0) is 16.0 Å². The molecule has 2 aliphatic rings. The zero-order valence-corrected chi connectivity index (χ0v) is 17.6. The Morgan fingerprint density at radius 1 is 1.28 bits per heavy atom. The molecular formula is C22H31N3O4. The van der Waals surface area contributed by atoms with E-state index in [1.165, 1.54) is 0 Å². The highest BCUT2D eigenvalue weighted by atomic mass is 16.5. The van der Waals surface area contributed by atoms with Gasteiger partial charge in [-0.2, -0.15) is 0 Å². The van der Waals surface area contributed by atoms with E-state index in [1.54, 1.807) is 18.9 Å². The Hall–Kier alpha value is -2.57. The van der Waals surface area contributed by atoms with E-state index < -0.39 is 11.6 Å². The molecule has 0 aromatic heterocycles. The number of carbonyl (C=O) groups excluding carboxylic acids is 3. The zero-order chi connectivity index (χ0) is 21.0. The largest absolute Gasteiger partial charge is 0.497 e. The van der Waals surface area contributed by atoms with Gasteiger partial charge in [0.2, 0.25) is 5.91 Å². The van der Waals surface area contributed by atoms with Gasteiger partial charge >= 0.3 is 6.03 Å². The van der Waals surface area contributed by atoms with Gasteiger partial charge in [0.1, 0.15) is 17.8 Å². The average molecular weight is 402 g/mol. The van der Waals surface area contributed by atoms with Crippen LogP contribution in [0, 0.1) is 5.92 Å². The third kappa shape index (κ3) is 5.08. The molecule has 1 N–H and O–H groups in total. The predicted molar refractivity (Wildman–Crippen MR) is 110 cm³/mol. The first kappa shape index (κ1) is 21.1. The van der Waals surface area contributed by atoms with Gasteiger partial charge in [-0.3, -0.25) is 14.5 Å². The van der Waals surface area contributed by atoms with E-state index in [0.29, 0.717) is 25.3 Å². The standard InChI is InChI=1S/C22H31N3O4/c1-4-13-24(14-17-5-6-17)19(26)15-25-20(27)22(2,23-21(25)28)12-11-16-7-9-18(29-3)10-8-16/h7-10,17H,4-6,11-15H2,1-3H3,(H,23,28)/t22-/m1/s1. The first-order valence-corrected chi connectivity index (χ1v) is 10.4. The Balaban J connectivity index is 1.60. The summed E-state index contributed by atoms with van der Waals surface area (Å²) in [6.07, 6.45) is 4.27. The first-order chi connectivity index (χ1) is 13.9. The van der Waals surface area contributed by atoms with Crippen molar-refractivity contribution >= 4 is 17.8 Å². The predicted octanol–water partition coefficient (Wildman–Crippen LogP) is 2.59. The molecule has 7 heteroatoms. The topological polar surface area (TPSA) is 79.0 Å². The minimum atomic E-state index is -0.997. The van der Waals surface area contributed by atoms with E-state index in [1.807, 2.05) is 31.2 Å². The Kier molecular flexibility index (Phi) is 6.45. The van der Waals surface area contributed by atoms with Gasteiger partial charge in [0.25, 0.3) is 5.91 Å². The Labute approximate surface area is 172 Å². The fourth-order valence-electron chi connectivity index (χ4n) is 3.68. The molecule has 0 radical (unpaired) electrons. The number of carbonyl (C=O) groups is 3. The fourth-order valence-corrected chi connectivity index (χ4v) is 3.68. The van der Waals surface area contributed by atoms with Gasteiger partial charge in [-0.25, -0.2) is 4.79 Å². The lowest BCUT2D eigenvalue weighted by atomic mass is 9.93. The van der Waals surface area contributed by atoms with Crippen LogP contribution in [0.3, 0.4) is 0 Å². The summed E-state index contributed by atoms with van der Waals surface area (Å²) in [5, 5.41) is 2.79. The number of hydrogen-bond donors (Lipinski definition) is 1. The van der Waals surface area contributed by atoms with Crippen molar-refractivity contribution in [1.82, 2.24) is 15.1 Å². The van der Waals surface area contributed by atoms with E-state index in [0.717, 1.165) is 42.0 Å². The van der Waals surface area contributed by atoms with Crippen molar-refractivity contribution in [1.29, 1.82) is 0 Å². The number of rotatable bonds is 10. The summed E-state index contributed by atoms with van der Waals surface area (Å²) in [6.45, 7) is 4.96. The summed E-state index contributed by atoms with van der Waals surface area (Å²) in [4.78, 5) is 41.0. The molecule has 1 aliphatic heterocycles. The molecule has 1 heterocycles. The molecule has 1 aromatic rings. The monoisotopic (exact) mass is 401 g/mol. The normalized spacial score (nSPS) is 21.3. The number of ether oxygens (including phenoxy) is 1. The molecule has 4 amide bonds. The van der Waals surface area contributed by atoms with Crippen LogP contribution < -0.4 is 10.1 Å². The number of aryl methyl sites for hydroxylation is 1. The van der Waals surface area contributed by atoms with E-state index in [9.17, 15) is 14.4 Å². The van der Waals surface area contributed by atoms with E-state index in [-0.39, 0.29) is 18.4 Å². The molecule has 1 aromatic carbocycles. The van der Waals surface area contributed by atoms with Gasteiger partial charge in [-0.05, 0) is 62.6 Å². The maximum absolute atomic E-state index is 13.0. The van der Waals surface area contributed by atoms with Crippen molar-refractivity contribution in [2.24, 2.45) is 5.92 Å². The van der Waals surface area contributed by atoms with Gasteiger partial charge in [-0.1, -0.05) is 19.1 Å². The number of methoxy groups -OCH3 is 1. The molecule has 2 fully saturated rings. The maximum Gasteiger partial charge on any atom is 0.325 e. The molecule has 7 nitrogen and oxygen atoms in total. The molecule has 0 unspecified atom stereocenters. The van der Waals surface area contributed by atoms with Crippen LogP contribution in [0.5, 0.6) is 5.75 Å². The van der Waals surface area contributed by atoms with Gasteiger partial charge in [0, 0.05) is 13.1 Å². The van der Waals surface area contributed by atoms with Crippen LogP contribution in [0.25, 0.3) is 0 Å². The highest BCUT2D eigenvalue weighted by Gasteiger charge is 2.48. The lowest BCUT2D eigenvalue weighted by Crippen LogP contribution is -2.46. The number of nitrogens with one attached hydrogen (secondary N) is 1. The quantitative estimate of drug-likeness (QED) is 0.611. The van der Waals surface area contributed by atoms with Gasteiger partial charge in [0.15, 0.2) is 0 Å². The van der Waals surface area contributed by atoms with Crippen molar-refractivity contribution in [3.63, 3.8) is 0 Å². The third-order valence-corrected chi connectivity index (χ3v) is 5.73. The first-order valence-electron chi connectivity index (χ1n) is 10.4. The van der Waals surface area contributed by atoms with Crippen LogP contribution in [0.2, 0.25) is 0 Å². The second-order valence-electron chi connectivity index (χ2n) is 8.28. The van der Waals surface area contributed by atoms with Gasteiger partial charge in [-0.15, -0.1) is 0 Å². The second-order valence-corrected chi connectivity index (χ2v) is 8.28. The van der Waals surface area contributed by atoms with Crippen molar-refractivity contribution in [3.8, 4) is 5.75 Å². The van der Waals surface area contributed by atoms with Crippen LogP contribution in [0.4, 0.5) is 4.79 Å². The Bertz CT molecular complexity index is 760. The lowest BCUT2D eigenvalue weighted by Gasteiger charge is -2.25. The molecule has 1 saturated heterocycles. The summed E-state index contributed by atoms with van der Waals surface area (Å²) in [7, 11) is 1.62. The van der Waals surface area contributed by atoms with Crippen molar-refractivity contribution < 1.29 is 19.1 Å². The summed E-state index contributed by atoms with van der Waals surface area (Å²) in [5.74, 6) is 0.870. The van der Waals surface area contributed by atoms with Crippen LogP contribution >= 0.6 is 0 Å². The second kappa shape index (κ2) is 8.84. The molecule has 158 valence electrons. The van der Waals surface area contributed by atoms with Crippen LogP contribution in [-0.4, -0.2) is 59.9 Å². The third-order valence-electron chi connectivity index (χ3n) is 5.73. The molecule has 0 spiro atoms. The SMILES string of the molecule is CCCN(CC1CC1)C(=O)CN1C(=O)N[C@](C)(CCc2ccc(OC)cc2)C1=O.